The average Bonchev–Trinajstić information content (AvgIpc) is 3.30. The summed E-state index contributed by atoms with van der Waals surface area (Å²) in [5.41, 5.74) is 2.22. The molecule has 7 heteroatoms. The fraction of sp³-hybridized carbons (Fsp3) is 0.550. The molecule has 27 heavy (non-hydrogen) atoms. The molecule has 1 saturated heterocycles. The summed E-state index contributed by atoms with van der Waals surface area (Å²) in [6.07, 6.45) is 7.57. The molecule has 2 heterocycles. The van der Waals surface area contributed by atoms with Gasteiger partial charge in [-0.1, -0.05) is 37.3 Å². The number of nitrogens with zero attached hydrogens (tertiary/aromatic N) is 2. The van der Waals surface area contributed by atoms with Gasteiger partial charge in [0.2, 0.25) is 0 Å². The summed E-state index contributed by atoms with van der Waals surface area (Å²) in [5.74, 6) is 1.01. The SMILES string of the molecule is CCCCC(O)c1ccc(N2CCC(Cl)C2CCSc2n[c-]cs2)cc1.[Y]. The van der Waals surface area contributed by atoms with E-state index >= 15 is 0 Å². The van der Waals surface area contributed by atoms with Gasteiger partial charge in [-0.15, -0.1) is 17.8 Å². The van der Waals surface area contributed by atoms with Crippen molar-refractivity contribution in [2.24, 2.45) is 0 Å². The second-order valence-corrected chi connectivity index (χ2v) is 9.46. The summed E-state index contributed by atoms with van der Waals surface area (Å²) in [6.45, 7) is 3.14. The second-order valence-electron chi connectivity index (χ2n) is 6.69. The van der Waals surface area contributed by atoms with Gasteiger partial charge < -0.3 is 15.0 Å². The number of halogens is 1. The minimum atomic E-state index is -0.356. The largest absolute Gasteiger partial charge is 0.437 e. The molecule has 1 fully saturated rings. The van der Waals surface area contributed by atoms with Gasteiger partial charge in [0.05, 0.1) is 11.5 Å². The van der Waals surface area contributed by atoms with Crippen molar-refractivity contribution in [3.63, 3.8) is 0 Å². The zero-order chi connectivity index (χ0) is 18.4. The Bertz CT molecular complexity index is 657. The van der Waals surface area contributed by atoms with Crippen molar-refractivity contribution >= 4 is 40.4 Å². The van der Waals surface area contributed by atoms with Crippen molar-refractivity contribution in [3.8, 4) is 0 Å². The molecule has 0 saturated carbocycles. The fourth-order valence-electron chi connectivity index (χ4n) is 3.44. The molecule has 1 aliphatic rings. The van der Waals surface area contributed by atoms with Gasteiger partial charge >= 0.3 is 0 Å². The first-order chi connectivity index (χ1) is 12.7. The first kappa shape index (κ1) is 23.6. The van der Waals surface area contributed by atoms with E-state index in [0.717, 1.165) is 54.3 Å². The molecule has 0 spiro atoms. The van der Waals surface area contributed by atoms with Crippen LogP contribution in [-0.4, -0.2) is 33.8 Å². The third kappa shape index (κ3) is 6.69. The van der Waals surface area contributed by atoms with Gasteiger partial charge in [0.1, 0.15) is 0 Å². The monoisotopic (exact) mass is 498 g/mol. The zero-order valence-electron chi connectivity index (χ0n) is 15.7. The van der Waals surface area contributed by atoms with E-state index in [1.807, 2.05) is 5.38 Å². The van der Waals surface area contributed by atoms with Gasteiger partial charge in [-0.3, -0.25) is 0 Å². The third-order valence-electron chi connectivity index (χ3n) is 4.91. The van der Waals surface area contributed by atoms with E-state index < -0.39 is 0 Å². The molecule has 0 aliphatic carbocycles. The van der Waals surface area contributed by atoms with Crippen molar-refractivity contribution in [1.82, 2.24) is 4.98 Å². The maximum absolute atomic E-state index is 10.3. The minimum Gasteiger partial charge on any atom is -0.437 e. The summed E-state index contributed by atoms with van der Waals surface area (Å²) in [5, 5.41) is 12.3. The van der Waals surface area contributed by atoms with E-state index in [-0.39, 0.29) is 44.2 Å². The van der Waals surface area contributed by atoms with E-state index in [1.54, 1.807) is 23.1 Å². The van der Waals surface area contributed by atoms with E-state index in [4.69, 9.17) is 11.6 Å². The Morgan fingerprint density at radius 2 is 2.19 bits per heavy atom. The Morgan fingerprint density at radius 3 is 2.85 bits per heavy atom. The number of thiazole rings is 1. The number of alkyl halides is 1. The van der Waals surface area contributed by atoms with E-state index in [1.165, 1.54) is 5.69 Å². The predicted octanol–water partition coefficient (Wildman–Crippen LogP) is 5.53. The molecule has 3 nitrogen and oxygen atoms in total. The summed E-state index contributed by atoms with van der Waals surface area (Å²) in [6, 6.07) is 8.75. The number of hydrogen-bond donors (Lipinski definition) is 1. The van der Waals surface area contributed by atoms with Crippen LogP contribution in [0.1, 0.15) is 50.7 Å². The molecule has 1 aliphatic heterocycles. The smallest absolute Gasteiger partial charge is 0.0790 e. The van der Waals surface area contributed by atoms with Gasteiger partial charge in [0.15, 0.2) is 0 Å². The van der Waals surface area contributed by atoms with Gasteiger partial charge in [0, 0.05) is 51.0 Å². The Labute approximate surface area is 201 Å². The average molecular weight is 499 g/mol. The van der Waals surface area contributed by atoms with Crippen LogP contribution in [0.25, 0.3) is 0 Å². The number of hydrogen-bond acceptors (Lipinski definition) is 5. The quantitative estimate of drug-likeness (QED) is 0.280. The van der Waals surface area contributed by atoms with Crippen LogP contribution in [0.4, 0.5) is 5.69 Å². The Kier molecular flexibility index (Phi) is 10.6. The normalized spacial score (nSPS) is 20.5. The van der Waals surface area contributed by atoms with Crippen LogP contribution in [0.15, 0.2) is 34.0 Å². The van der Waals surface area contributed by atoms with E-state index in [9.17, 15) is 5.11 Å². The standard InChI is InChI=1S/C20H26ClN2OS2.Y/c1-2-3-4-19(24)15-5-7-16(8-6-15)23-12-9-17(21)18(23)10-13-25-20-22-11-14-26-20;/h5-8,14,17-19,24H,2-4,9-10,12-13H2,1H3;/q-1;. The molecule has 2 aromatic rings. The van der Waals surface area contributed by atoms with Crippen LogP contribution in [0, 0.1) is 6.20 Å². The number of anilines is 1. The van der Waals surface area contributed by atoms with Gasteiger partial charge in [-0.2, -0.15) is 11.8 Å². The molecule has 0 bridgehead atoms. The molecule has 0 amide bonds. The van der Waals surface area contributed by atoms with Crippen molar-refractivity contribution < 1.29 is 37.8 Å². The summed E-state index contributed by atoms with van der Waals surface area (Å²) >= 11 is 10.0. The van der Waals surface area contributed by atoms with Gasteiger partial charge in [-0.05, 0) is 47.1 Å². The Morgan fingerprint density at radius 1 is 1.41 bits per heavy atom. The van der Waals surface area contributed by atoms with Crippen molar-refractivity contribution in [2.75, 3.05) is 17.2 Å². The van der Waals surface area contributed by atoms with Crippen LogP contribution in [0.2, 0.25) is 0 Å². The molecular formula is C20H26ClN2OS2Y-. The Balaban J connectivity index is 0.00000261. The summed E-state index contributed by atoms with van der Waals surface area (Å²) < 4.78 is 1.08. The maximum atomic E-state index is 10.3. The number of aliphatic hydroxyl groups excluding tert-OH is 1. The number of aromatic nitrogens is 1. The number of aliphatic hydroxyl groups is 1. The molecule has 1 aromatic carbocycles. The van der Waals surface area contributed by atoms with Gasteiger partial charge in [0.25, 0.3) is 0 Å². The first-order valence-corrected chi connectivity index (χ1v) is 11.6. The van der Waals surface area contributed by atoms with Crippen LogP contribution in [0.5, 0.6) is 0 Å². The van der Waals surface area contributed by atoms with E-state index in [2.05, 4.69) is 47.3 Å². The molecule has 1 radical (unpaired) electrons. The van der Waals surface area contributed by atoms with E-state index in [0.29, 0.717) is 6.04 Å². The molecule has 3 unspecified atom stereocenters. The Hall–Kier alpha value is 0.354. The maximum Gasteiger partial charge on any atom is 0.0790 e. The van der Waals surface area contributed by atoms with Gasteiger partial charge in [-0.25, -0.2) is 11.3 Å². The first-order valence-electron chi connectivity index (χ1n) is 9.32. The number of unbranched alkanes of at least 4 members (excludes halogenated alkanes) is 1. The van der Waals surface area contributed by atoms with Crippen LogP contribution < -0.4 is 4.90 Å². The van der Waals surface area contributed by atoms with Crippen molar-refractivity contribution in [1.29, 1.82) is 0 Å². The molecular weight excluding hydrogens is 473 g/mol. The zero-order valence-corrected chi connectivity index (χ0v) is 20.9. The third-order valence-corrected chi connectivity index (χ3v) is 7.36. The number of thioether (sulfide) groups is 1. The van der Waals surface area contributed by atoms with Crippen LogP contribution in [0.3, 0.4) is 0 Å². The van der Waals surface area contributed by atoms with Crippen molar-refractivity contribution in [3.05, 3.63) is 41.4 Å². The van der Waals surface area contributed by atoms with Crippen LogP contribution in [-0.2, 0) is 32.7 Å². The summed E-state index contributed by atoms with van der Waals surface area (Å²) in [7, 11) is 0. The minimum absolute atomic E-state index is 0. The number of rotatable bonds is 9. The predicted molar refractivity (Wildman–Crippen MR) is 113 cm³/mol. The van der Waals surface area contributed by atoms with Crippen molar-refractivity contribution in [2.45, 2.75) is 60.9 Å². The van der Waals surface area contributed by atoms with Crippen LogP contribution >= 0.6 is 34.7 Å². The molecule has 145 valence electrons. The topological polar surface area (TPSA) is 36.4 Å². The molecule has 1 aromatic heterocycles. The summed E-state index contributed by atoms with van der Waals surface area (Å²) in [4.78, 5) is 6.64. The molecule has 3 rings (SSSR count). The number of benzene rings is 1. The molecule has 1 N–H and O–H groups in total. The molecule has 3 atom stereocenters. The fourth-order valence-corrected chi connectivity index (χ4v) is 5.43. The second kappa shape index (κ2) is 12.1.